The van der Waals surface area contributed by atoms with E-state index >= 15 is 0 Å². The maximum Gasteiger partial charge on any atom is 0.386 e. The number of hydrogen-bond acceptors (Lipinski definition) is 7. The van der Waals surface area contributed by atoms with Gasteiger partial charge in [-0.05, 0) is 25.2 Å². The molecule has 0 unspecified atom stereocenters. The molecule has 1 aliphatic rings. The van der Waals surface area contributed by atoms with Gasteiger partial charge in [-0.15, -0.1) is 0 Å². The summed E-state index contributed by atoms with van der Waals surface area (Å²) in [7, 11) is 2.06. The van der Waals surface area contributed by atoms with E-state index in [9.17, 15) is 13.2 Å². The van der Waals surface area contributed by atoms with E-state index in [0.717, 1.165) is 26.2 Å². The summed E-state index contributed by atoms with van der Waals surface area (Å²) in [5.41, 5.74) is 14.7. The van der Waals surface area contributed by atoms with Crippen LogP contribution >= 0.6 is 0 Å². The Balaban J connectivity index is 0.000000500. The van der Waals surface area contributed by atoms with Crippen LogP contribution in [-0.2, 0) is 0 Å². The highest BCUT2D eigenvalue weighted by atomic mass is 19.4. The van der Waals surface area contributed by atoms with Crippen molar-refractivity contribution in [2.24, 2.45) is 11.0 Å². The number of alkyl halides is 3. The molecule has 0 bridgehead atoms. The van der Waals surface area contributed by atoms with Crippen molar-refractivity contribution < 1.29 is 13.2 Å². The van der Waals surface area contributed by atoms with Crippen molar-refractivity contribution in [3.8, 4) is 0 Å². The third kappa shape index (κ3) is 5.25. The summed E-state index contributed by atoms with van der Waals surface area (Å²) < 4.78 is 32.3. The van der Waals surface area contributed by atoms with Gasteiger partial charge in [-0.2, -0.15) is 23.4 Å². The Morgan fingerprint density at radius 2 is 1.79 bits per heavy atom. The number of benzene rings is 1. The lowest BCUT2D eigenvalue weighted by Crippen LogP contribution is -2.47. The van der Waals surface area contributed by atoms with Gasteiger partial charge in [-0.25, -0.2) is 4.98 Å². The standard InChI is InChI=1S/C14H19N9.C2H3F3/c1-21-4-6-22(7-5-21)14-13(17)23(20-18)11-3-2-9(12(15)16)8-10(11)19-14;1-2(3,4)5/h2-3,8,17-18H,4-7H2,1H3,(H3,15,16);1H3. The minimum absolute atomic E-state index is 0.0424. The van der Waals surface area contributed by atoms with E-state index in [4.69, 9.17) is 22.1 Å². The number of nitrogens with zero attached hydrogens (tertiary/aromatic N) is 5. The van der Waals surface area contributed by atoms with Crippen LogP contribution in [0.15, 0.2) is 23.4 Å². The van der Waals surface area contributed by atoms with E-state index in [-0.39, 0.29) is 18.2 Å². The van der Waals surface area contributed by atoms with Crippen molar-refractivity contribution in [1.82, 2.24) is 14.6 Å². The molecule has 3 rings (SSSR count). The van der Waals surface area contributed by atoms with Gasteiger partial charge in [0.1, 0.15) is 5.84 Å². The number of nitrogens with two attached hydrogens (primary N) is 1. The lowest BCUT2D eigenvalue weighted by molar-refractivity contribution is -0.110. The molecule has 2 aromatic rings. The number of fused-ring (bicyclic) bond motifs is 1. The van der Waals surface area contributed by atoms with E-state index in [2.05, 4.69) is 22.2 Å². The number of likely N-dealkylation sites (N-methyl/N-ethyl adjacent to an activating group) is 1. The summed E-state index contributed by atoms with van der Waals surface area (Å²) in [6.07, 6.45) is -4.00. The van der Waals surface area contributed by atoms with Crippen molar-refractivity contribution in [3.05, 3.63) is 29.3 Å². The number of piperazine rings is 1. The molecule has 1 aliphatic heterocycles. The summed E-state index contributed by atoms with van der Waals surface area (Å²) in [5, 5.41) is 19.3. The minimum Gasteiger partial charge on any atom is -0.384 e. The molecule has 0 amide bonds. The fourth-order valence-electron chi connectivity index (χ4n) is 2.68. The first kappa shape index (κ1) is 21.3. The number of anilines is 1. The zero-order valence-electron chi connectivity index (χ0n) is 15.5. The second-order valence-corrected chi connectivity index (χ2v) is 6.38. The van der Waals surface area contributed by atoms with Crippen LogP contribution in [0.1, 0.15) is 12.5 Å². The Labute approximate surface area is 159 Å². The molecule has 12 heteroatoms. The lowest BCUT2D eigenvalue weighted by atomic mass is 10.2. The van der Waals surface area contributed by atoms with E-state index in [1.807, 2.05) is 4.90 Å². The summed E-state index contributed by atoms with van der Waals surface area (Å²) in [6, 6.07) is 5.05. The number of hydrogen-bond donors (Lipinski definition) is 4. The van der Waals surface area contributed by atoms with E-state index in [1.54, 1.807) is 18.2 Å². The molecule has 0 radical (unpaired) electrons. The summed E-state index contributed by atoms with van der Waals surface area (Å²) in [6.45, 7) is 3.51. The van der Waals surface area contributed by atoms with Crippen LogP contribution in [0.25, 0.3) is 11.0 Å². The molecule has 1 fully saturated rings. The molecule has 5 N–H and O–H groups in total. The van der Waals surface area contributed by atoms with Crippen LogP contribution in [0.5, 0.6) is 0 Å². The van der Waals surface area contributed by atoms with Crippen LogP contribution in [0, 0.1) is 16.3 Å². The summed E-state index contributed by atoms with van der Waals surface area (Å²) in [5.74, 6) is 0.460. The molecule has 2 heterocycles. The molecule has 9 nitrogen and oxygen atoms in total. The van der Waals surface area contributed by atoms with E-state index in [0.29, 0.717) is 22.4 Å². The molecule has 0 aliphatic carbocycles. The van der Waals surface area contributed by atoms with Crippen LogP contribution in [0.4, 0.5) is 19.0 Å². The number of nitrogen functional groups attached to an aromatic ring is 1. The maximum absolute atomic E-state index is 10.4. The quantitative estimate of drug-likeness (QED) is 0.357. The number of halogens is 3. The summed E-state index contributed by atoms with van der Waals surface area (Å²) in [4.78, 5) is 8.83. The van der Waals surface area contributed by atoms with E-state index < -0.39 is 6.18 Å². The van der Waals surface area contributed by atoms with Crippen LogP contribution in [0.3, 0.4) is 0 Å². The van der Waals surface area contributed by atoms with Crippen molar-refractivity contribution in [2.75, 3.05) is 38.1 Å². The van der Waals surface area contributed by atoms with Gasteiger partial charge in [0.15, 0.2) is 11.3 Å². The topological polar surface area (TPSA) is 134 Å². The van der Waals surface area contributed by atoms with Crippen LogP contribution in [-0.4, -0.2) is 59.8 Å². The Bertz CT molecular complexity index is 921. The van der Waals surface area contributed by atoms with Crippen molar-refractivity contribution in [2.45, 2.75) is 13.1 Å². The first-order chi connectivity index (χ1) is 13.0. The van der Waals surface area contributed by atoms with Gasteiger partial charge in [0.05, 0.1) is 11.0 Å². The normalized spacial score (nSPS) is 15.1. The average Bonchev–Trinajstić information content (AvgIpc) is 2.60. The third-order valence-electron chi connectivity index (χ3n) is 4.07. The zero-order valence-corrected chi connectivity index (χ0v) is 15.5. The molecule has 28 heavy (non-hydrogen) atoms. The third-order valence-corrected chi connectivity index (χ3v) is 4.07. The molecular formula is C16H22F3N9. The smallest absolute Gasteiger partial charge is 0.384 e. The zero-order chi connectivity index (χ0) is 21.1. The first-order valence-corrected chi connectivity index (χ1v) is 8.35. The van der Waals surface area contributed by atoms with Crippen molar-refractivity contribution in [3.63, 3.8) is 0 Å². The highest BCUT2D eigenvalue weighted by molar-refractivity contribution is 5.98. The van der Waals surface area contributed by atoms with Crippen LogP contribution < -0.4 is 16.1 Å². The number of aromatic nitrogens is 2. The van der Waals surface area contributed by atoms with Crippen LogP contribution in [0.2, 0.25) is 0 Å². The molecule has 1 aromatic heterocycles. The highest BCUT2D eigenvalue weighted by Gasteiger charge is 2.19. The van der Waals surface area contributed by atoms with Gasteiger partial charge in [-0.3, -0.25) is 10.8 Å². The van der Waals surface area contributed by atoms with Gasteiger partial charge in [0.2, 0.25) is 0 Å². The number of nitrogens with one attached hydrogen (secondary N) is 3. The fourth-order valence-corrected chi connectivity index (χ4v) is 2.68. The lowest BCUT2D eigenvalue weighted by Gasteiger charge is -2.33. The first-order valence-electron chi connectivity index (χ1n) is 8.35. The predicted octanol–water partition coefficient (Wildman–Crippen LogP) is 1.91. The maximum atomic E-state index is 10.4. The number of amidine groups is 1. The fraction of sp³-hybridized carbons (Fsp3) is 0.438. The van der Waals surface area contributed by atoms with Gasteiger partial charge in [0.25, 0.3) is 0 Å². The highest BCUT2D eigenvalue weighted by Crippen LogP contribution is 2.17. The molecule has 1 saturated heterocycles. The van der Waals surface area contributed by atoms with Gasteiger partial charge in [0, 0.05) is 38.7 Å². The SMILES string of the molecule is CC(F)(F)F.CN1CCN(c2nc3cc(C(=N)N)ccc3n(N=N)c2=N)CC1. The monoisotopic (exact) mass is 397 g/mol. The molecule has 0 atom stereocenters. The molecular weight excluding hydrogens is 375 g/mol. The van der Waals surface area contributed by atoms with Crippen molar-refractivity contribution >= 4 is 22.7 Å². The Morgan fingerprint density at radius 3 is 2.29 bits per heavy atom. The average molecular weight is 397 g/mol. The van der Waals surface area contributed by atoms with Crippen molar-refractivity contribution in [1.29, 1.82) is 16.3 Å². The predicted molar refractivity (Wildman–Crippen MR) is 98.6 cm³/mol. The van der Waals surface area contributed by atoms with Gasteiger partial charge < -0.3 is 15.5 Å². The van der Waals surface area contributed by atoms with Gasteiger partial charge >= 0.3 is 6.18 Å². The second kappa shape index (κ2) is 8.33. The Hall–Kier alpha value is -3.02. The van der Waals surface area contributed by atoms with E-state index in [1.165, 1.54) is 4.68 Å². The Morgan fingerprint density at radius 1 is 1.21 bits per heavy atom. The molecule has 0 spiro atoms. The molecule has 152 valence electrons. The molecule has 1 aromatic carbocycles. The minimum atomic E-state index is -4.00. The Kier molecular flexibility index (Phi) is 6.33. The second-order valence-electron chi connectivity index (χ2n) is 6.38. The summed E-state index contributed by atoms with van der Waals surface area (Å²) >= 11 is 0. The largest absolute Gasteiger partial charge is 0.386 e. The number of rotatable bonds is 3. The molecule has 0 saturated carbocycles. The van der Waals surface area contributed by atoms with Gasteiger partial charge in [-0.1, -0.05) is 5.22 Å².